The Morgan fingerprint density at radius 1 is 0.283 bits per heavy atom. The maximum absolute atomic E-state index is 7.23. The number of hydrogen-bond acceptors (Lipinski definition) is 9. The molecule has 9 aromatic carbocycles. The van der Waals surface area contributed by atoms with Gasteiger partial charge in [0.15, 0.2) is 0 Å². The molecule has 0 unspecified atom stereocenters. The Kier molecular flexibility index (Phi) is 28.2. The zero-order valence-electron chi connectivity index (χ0n) is 79.1. The van der Waals surface area contributed by atoms with Crippen molar-refractivity contribution in [1.29, 1.82) is 0 Å². The van der Waals surface area contributed by atoms with E-state index < -0.39 is 44.8 Å². The topological polar surface area (TPSA) is 77.3 Å². The van der Waals surface area contributed by atoms with Crippen molar-refractivity contribution in [3.05, 3.63) is 344 Å². The van der Waals surface area contributed by atoms with E-state index in [0.717, 1.165) is 67.5 Å². The number of hydrogen-bond donors (Lipinski definition) is 0. The smallest absolute Gasteiger partial charge is 0.0794 e. The molecule has 18 rings (SSSR count). The second-order valence-corrected chi connectivity index (χ2v) is 51.3. The van der Waals surface area contributed by atoms with Gasteiger partial charge in [-0.05, 0) is 153 Å². The number of nitrogens with zero attached hydrogens (tertiary/aromatic N) is 6. The fourth-order valence-corrected chi connectivity index (χ4v) is 21.9. The number of rotatable bonds is 12. The van der Waals surface area contributed by atoms with Crippen molar-refractivity contribution < 1.29 is 72.7 Å². The van der Waals surface area contributed by atoms with Gasteiger partial charge in [-0.1, -0.05) is 242 Å². The summed E-state index contributed by atoms with van der Waals surface area (Å²) < 4.78 is 73.2. The van der Waals surface area contributed by atoms with Gasteiger partial charge in [0.2, 0.25) is 0 Å². The SMILES string of the molecule is CC(C)c1ccc(-c2[c-]ccc3c2sc2c([Si](C)(C)C)cccc23)nc1.CC(C)c1ccc(-c2[c-]ccc3c2sc2cc([Si](C)(C)C)ccc23)nc1.CC(C)c1ccc(-c2[c-]ccc3c2sc2ccc([Si](C)(C)C)cc23)nc1.[2H]C([2H])([2H])c1ccc(-c2[c-]cccc2)nc1.[2H]C([2H])([2H])c1ccc(-c2[c-]cccc2)nc1.[2H]C([2H])([2H])c1ccc(-c2[c-]cccc2)nc1.[Ir].[Ir].[Ir]. The molecule has 0 spiro atoms. The minimum absolute atomic E-state index is 0. The molecule has 9 aromatic heterocycles. The second-order valence-electron chi connectivity index (χ2n) is 33.0. The number of benzene rings is 9. The van der Waals surface area contributed by atoms with E-state index in [-0.39, 0.29) is 77.0 Å². The molecule has 0 aliphatic heterocycles. The second kappa shape index (κ2) is 41.8. The van der Waals surface area contributed by atoms with Crippen molar-refractivity contribution in [1.82, 2.24) is 29.9 Å². The molecule has 0 aliphatic rings. The molecular weight excluding hydrogens is 2100 g/mol. The van der Waals surface area contributed by atoms with Crippen molar-refractivity contribution >= 4 is 134 Å². The van der Waals surface area contributed by atoms with Crippen LogP contribution in [0.3, 0.4) is 0 Å². The van der Waals surface area contributed by atoms with Gasteiger partial charge in [0.1, 0.15) is 0 Å². The molecule has 0 N–H and O–H groups in total. The third-order valence-electron chi connectivity index (χ3n) is 20.2. The van der Waals surface area contributed by atoms with Crippen molar-refractivity contribution in [2.24, 2.45) is 0 Å². The van der Waals surface area contributed by atoms with Gasteiger partial charge in [-0.25, -0.2) is 0 Å². The number of aryl methyl sites for hydroxylation is 3. The molecule has 18 aromatic rings. The van der Waals surface area contributed by atoms with E-state index in [4.69, 9.17) is 27.3 Å². The van der Waals surface area contributed by atoms with Gasteiger partial charge in [-0.15, -0.1) is 179 Å². The standard InChI is InChI=1S/3C23H24NSSi.3C12H10N.3Ir/c1-15(2)16-12-13-20(24-14-16)19-10-6-8-17-18-9-7-11-21(26(3,4)5)23(18)25-22(17)19;1-15(2)16-9-12-21(24-14-16)20-8-6-7-19-18-11-10-17(26(3,4)5)13-22(18)25-23(19)20;1-15(2)16-9-11-21(24-14-16)19-8-6-7-18-20-13-17(26(3,4)5)10-12-22(20)25-23(18)19;3*1-10-7-8-12(13-9-10)11-5-3-2-4-6-11;;;/h6-9,11-15H,1-5H3;2*6-7,9-15H,1-5H3;3*2-5,7-9H,1H3;;;/q6*-1;;;/i;;;3*1D3;;;. The first kappa shape index (κ1) is 80.8. The van der Waals surface area contributed by atoms with Crippen LogP contribution in [0.15, 0.2) is 274 Å². The summed E-state index contributed by atoms with van der Waals surface area (Å²) in [4.78, 5) is 26.6. The van der Waals surface area contributed by atoms with E-state index in [0.29, 0.717) is 17.8 Å². The summed E-state index contributed by atoms with van der Waals surface area (Å²) in [6.45, 7) is 28.6. The molecule has 9 heterocycles. The molecule has 15 heteroatoms. The number of fused-ring (bicyclic) bond motifs is 9. The van der Waals surface area contributed by atoms with E-state index in [2.05, 4.69) is 261 Å². The van der Waals surface area contributed by atoms with Gasteiger partial charge in [0.25, 0.3) is 0 Å². The number of aromatic nitrogens is 6. The van der Waals surface area contributed by atoms with Crippen LogP contribution < -0.4 is 15.6 Å². The summed E-state index contributed by atoms with van der Waals surface area (Å²) in [5, 5.41) is 12.6. The van der Waals surface area contributed by atoms with E-state index in [1.54, 1.807) is 59.8 Å². The number of pyridine rings is 6. The van der Waals surface area contributed by atoms with Crippen LogP contribution in [0.1, 0.15) is 105 Å². The maximum atomic E-state index is 7.23. The summed E-state index contributed by atoms with van der Waals surface area (Å²) in [7, 11) is -4.02. The van der Waals surface area contributed by atoms with Crippen molar-refractivity contribution in [3.63, 3.8) is 0 Å². The molecule has 6 nitrogen and oxygen atoms in total. The molecule has 0 saturated carbocycles. The fourth-order valence-electron chi connectivity index (χ4n) is 13.3. The van der Waals surface area contributed by atoms with Crippen LogP contribution in [-0.4, -0.2) is 54.1 Å². The van der Waals surface area contributed by atoms with Crippen molar-refractivity contribution in [3.8, 4) is 67.5 Å². The molecule has 120 heavy (non-hydrogen) atoms. The van der Waals surface area contributed by atoms with Crippen LogP contribution in [0.5, 0.6) is 0 Å². The first-order valence-electron chi connectivity index (χ1n) is 44.1. The normalized spacial score (nSPS) is 12.7. The molecule has 615 valence electrons. The van der Waals surface area contributed by atoms with Crippen molar-refractivity contribution in [2.45, 2.75) is 139 Å². The molecule has 0 bridgehead atoms. The third kappa shape index (κ3) is 23.1. The predicted octanol–water partition coefficient (Wildman–Crippen LogP) is 28.3. The van der Waals surface area contributed by atoms with Crippen LogP contribution in [0.4, 0.5) is 0 Å². The predicted molar refractivity (Wildman–Crippen MR) is 515 cm³/mol. The first-order valence-corrected chi connectivity index (χ1v) is 52.5. The monoisotopic (exact) mass is 2210 g/mol. The molecule has 0 amide bonds. The zero-order valence-corrected chi connectivity index (χ0v) is 82.8. The van der Waals surface area contributed by atoms with E-state index in [1.807, 2.05) is 125 Å². The van der Waals surface area contributed by atoms with Gasteiger partial charge < -0.3 is 29.9 Å². The Bertz CT molecular complexity index is 6430. The Morgan fingerprint density at radius 3 is 0.992 bits per heavy atom. The average Bonchev–Trinajstić information content (AvgIpc) is 1.61. The third-order valence-corrected chi connectivity index (χ3v) is 30.2. The van der Waals surface area contributed by atoms with E-state index in [9.17, 15) is 0 Å². The summed E-state index contributed by atoms with van der Waals surface area (Å²) >= 11 is 5.64. The van der Waals surface area contributed by atoms with E-state index in [1.165, 1.54) is 106 Å². The quantitative estimate of drug-likeness (QED) is 0.0896. The van der Waals surface area contributed by atoms with Crippen LogP contribution >= 0.6 is 34.0 Å². The van der Waals surface area contributed by atoms with Gasteiger partial charge in [0, 0.05) is 124 Å². The molecular formula is C105H102Ir3N6S3Si3-6. The first-order chi connectivity index (χ1) is 59.8. The number of thiophene rings is 3. The molecule has 0 aliphatic carbocycles. The van der Waals surface area contributed by atoms with Gasteiger partial charge in [-0.3, -0.25) is 0 Å². The van der Waals surface area contributed by atoms with Crippen LogP contribution in [0.2, 0.25) is 58.9 Å². The molecule has 0 fully saturated rings. The largest absolute Gasteiger partial charge is 0.304 e. The Hall–Kier alpha value is -8.86. The minimum atomic E-state index is -2.09. The summed E-state index contributed by atoms with van der Waals surface area (Å²) in [6.07, 6.45) is 10.2. The summed E-state index contributed by atoms with van der Waals surface area (Å²) in [5.74, 6) is 1.50. The van der Waals surface area contributed by atoms with Gasteiger partial charge in [0.05, 0.1) is 24.2 Å². The fraction of sp³-hybridized carbons (Fsp3) is 0.200. The molecule has 3 radical (unpaired) electrons. The Balaban J connectivity index is 0.000000163. The molecule has 0 atom stereocenters. The average molecular weight is 2210 g/mol. The maximum Gasteiger partial charge on any atom is 0.0794 e. The van der Waals surface area contributed by atoms with Crippen LogP contribution in [-0.2, 0) is 60.3 Å². The molecule has 0 saturated heterocycles. The summed E-state index contributed by atoms with van der Waals surface area (Å²) in [5.41, 5.74) is 15.8. The Labute approximate surface area is 779 Å². The summed E-state index contributed by atoms with van der Waals surface area (Å²) in [6, 6.07) is 98.3. The van der Waals surface area contributed by atoms with Crippen molar-refractivity contribution in [2.75, 3.05) is 0 Å². The Morgan fingerprint density at radius 2 is 0.642 bits per heavy atom. The van der Waals surface area contributed by atoms with Gasteiger partial charge >= 0.3 is 0 Å². The van der Waals surface area contributed by atoms with E-state index >= 15 is 0 Å². The van der Waals surface area contributed by atoms with Crippen LogP contribution in [0.25, 0.3) is 128 Å². The minimum Gasteiger partial charge on any atom is -0.304 e. The van der Waals surface area contributed by atoms with Gasteiger partial charge in [-0.2, -0.15) is 34.0 Å². The van der Waals surface area contributed by atoms with Crippen LogP contribution in [0, 0.1) is 57.0 Å². The zero-order chi connectivity index (χ0) is 90.2.